The summed E-state index contributed by atoms with van der Waals surface area (Å²) in [6.07, 6.45) is -12.3. The van der Waals surface area contributed by atoms with E-state index < -0.39 is 72.8 Å². The van der Waals surface area contributed by atoms with Crippen LogP contribution < -0.4 is 0 Å². The summed E-state index contributed by atoms with van der Waals surface area (Å²) in [6.45, 7) is 1.58. The molecule has 0 spiro atoms. The van der Waals surface area contributed by atoms with E-state index in [4.69, 9.17) is 18.9 Å². The Morgan fingerprint density at radius 1 is 1.10 bits per heavy atom. The van der Waals surface area contributed by atoms with E-state index >= 15 is 0 Å². The molecule has 1 aromatic carbocycles. The number of hydrogen-bond acceptors (Lipinski definition) is 11. The zero-order valence-corrected chi connectivity index (χ0v) is 20.4. The first-order chi connectivity index (χ1) is 18.3. The number of halogens is 3. The monoisotopic (exact) mass is 555 g/mol. The molecule has 1 aliphatic rings. The summed E-state index contributed by atoms with van der Waals surface area (Å²) in [5.41, 5.74) is -0.970. The fourth-order valence-corrected chi connectivity index (χ4v) is 3.50. The Bertz CT molecular complexity index is 1330. The molecular formula is C23H20F3N3O10. The van der Waals surface area contributed by atoms with Crippen LogP contribution in [0, 0.1) is 11.8 Å². The Hall–Kier alpha value is -4.65. The van der Waals surface area contributed by atoms with Crippen molar-refractivity contribution in [1.29, 1.82) is 0 Å². The summed E-state index contributed by atoms with van der Waals surface area (Å²) in [4.78, 5) is 50.8. The molecule has 39 heavy (non-hydrogen) atoms. The van der Waals surface area contributed by atoms with Crippen molar-refractivity contribution in [3.8, 4) is 11.8 Å². The number of hydrogen-bond donors (Lipinski definition) is 1. The van der Waals surface area contributed by atoms with Crippen LogP contribution in [0.15, 0.2) is 24.3 Å². The fourth-order valence-electron chi connectivity index (χ4n) is 3.50. The van der Waals surface area contributed by atoms with Crippen LogP contribution in [0.5, 0.6) is 0 Å². The maximum Gasteiger partial charge on any atom is 0.506 e. The lowest BCUT2D eigenvalue weighted by Crippen LogP contribution is -2.41. The van der Waals surface area contributed by atoms with E-state index in [9.17, 15) is 37.5 Å². The van der Waals surface area contributed by atoms with Crippen LogP contribution in [0.2, 0.25) is 0 Å². The van der Waals surface area contributed by atoms with E-state index in [2.05, 4.69) is 26.7 Å². The average molecular weight is 555 g/mol. The number of alkyl halides is 3. The molecule has 4 atom stereocenters. The first-order valence-corrected chi connectivity index (χ1v) is 10.9. The van der Waals surface area contributed by atoms with Crippen molar-refractivity contribution in [1.82, 2.24) is 14.8 Å². The van der Waals surface area contributed by atoms with Crippen molar-refractivity contribution in [2.45, 2.75) is 44.6 Å². The highest BCUT2D eigenvalue weighted by Crippen LogP contribution is 2.35. The zero-order valence-electron chi connectivity index (χ0n) is 20.4. The van der Waals surface area contributed by atoms with Gasteiger partial charge in [0.15, 0.2) is 18.4 Å². The number of benzene rings is 1. The SMILES string of the molecule is COC(=O)c1nc(C#Cc2cccc(C(F)(F)F)c2)nn1C1OC(COC(C)=O)[C@H](OC(=O)O)[C@@H]1OC(C)=O. The molecule has 0 saturated carbocycles. The molecule has 0 amide bonds. The van der Waals surface area contributed by atoms with E-state index in [1.165, 1.54) is 6.07 Å². The molecule has 2 heterocycles. The van der Waals surface area contributed by atoms with Gasteiger partial charge in [0, 0.05) is 19.4 Å². The summed E-state index contributed by atoms with van der Waals surface area (Å²) < 4.78 is 65.1. The summed E-state index contributed by atoms with van der Waals surface area (Å²) in [6, 6.07) is 4.13. The largest absolute Gasteiger partial charge is 0.506 e. The topological polar surface area (TPSA) is 165 Å². The fraction of sp³-hybridized carbons (Fsp3) is 0.391. The second-order valence-electron chi connectivity index (χ2n) is 7.81. The molecule has 2 unspecified atom stereocenters. The summed E-state index contributed by atoms with van der Waals surface area (Å²) in [5, 5.41) is 13.2. The molecule has 0 radical (unpaired) electrons. The normalized spacial score (nSPS) is 20.4. The van der Waals surface area contributed by atoms with Gasteiger partial charge in [0.05, 0.1) is 12.7 Å². The Balaban J connectivity index is 2.05. The molecule has 3 rings (SSSR count). The van der Waals surface area contributed by atoms with Crippen LogP contribution in [0.1, 0.15) is 47.6 Å². The van der Waals surface area contributed by atoms with Gasteiger partial charge >= 0.3 is 30.2 Å². The van der Waals surface area contributed by atoms with Crippen molar-refractivity contribution >= 4 is 24.1 Å². The Morgan fingerprint density at radius 2 is 1.82 bits per heavy atom. The Morgan fingerprint density at radius 3 is 2.41 bits per heavy atom. The van der Waals surface area contributed by atoms with Gasteiger partial charge in [-0.3, -0.25) is 9.59 Å². The predicted molar refractivity (Wildman–Crippen MR) is 118 cm³/mol. The van der Waals surface area contributed by atoms with Crippen molar-refractivity contribution < 1.29 is 61.1 Å². The summed E-state index contributed by atoms with van der Waals surface area (Å²) >= 11 is 0. The highest BCUT2D eigenvalue weighted by atomic mass is 19.4. The average Bonchev–Trinajstić information content (AvgIpc) is 3.41. The first-order valence-electron chi connectivity index (χ1n) is 10.9. The van der Waals surface area contributed by atoms with E-state index in [0.717, 1.165) is 43.8 Å². The predicted octanol–water partition coefficient (Wildman–Crippen LogP) is 1.94. The molecular weight excluding hydrogens is 535 g/mol. The lowest BCUT2D eigenvalue weighted by Gasteiger charge is -2.22. The number of carboxylic acid groups (broad SMARTS) is 1. The minimum absolute atomic E-state index is 0.0351. The number of methoxy groups -OCH3 is 1. The number of carbonyl (C=O) groups excluding carboxylic acids is 3. The molecule has 16 heteroatoms. The van der Waals surface area contributed by atoms with Crippen molar-refractivity contribution in [3.63, 3.8) is 0 Å². The third kappa shape index (κ3) is 7.23. The molecule has 0 aliphatic carbocycles. The Kier molecular flexibility index (Phi) is 8.76. The number of ether oxygens (including phenoxy) is 5. The van der Waals surface area contributed by atoms with Crippen LogP contribution in [-0.2, 0) is 39.4 Å². The number of nitrogens with zero attached hydrogens (tertiary/aromatic N) is 3. The van der Waals surface area contributed by atoms with Crippen molar-refractivity contribution in [3.05, 3.63) is 47.0 Å². The first kappa shape index (κ1) is 28.9. The smallest absolute Gasteiger partial charge is 0.463 e. The lowest BCUT2D eigenvalue weighted by atomic mass is 10.1. The maximum absolute atomic E-state index is 13.0. The minimum Gasteiger partial charge on any atom is -0.463 e. The number of aromatic nitrogens is 3. The van der Waals surface area contributed by atoms with Crippen LogP contribution in [0.25, 0.3) is 0 Å². The van der Waals surface area contributed by atoms with Gasteiger partial charge in [-0.15, -0.1) is 5.10 Å². The second-order valence-corrected chi connectivity index (χ2v) is 7.81. The van der Waals surface area contributed by atoms with Gasteiger partial charge in [-0.2, -0.15) is 18.2 Å². The number of carbonyl (C=O) groups is 4. The van der Waals surface area contributed by atoms with Gasteiger partial charge in [0.2, 0.25) is 11.6 Å². The van der Waals surface area contributed by atoms with E-state index in [0.29, 0.717) is 0 Å². The van der Waals surface area contributed by atoms with Gasteiger partial charge in [0.25, 0.3) is 0 Å². The van der Waals surface area contributed by atoms with Crippen LogP contribution >= 0.6 is 0 Å². The molecule has 1 saturated heterocycles. The van der Waals surface area contributed by atoms with Crippen LogP contribution in [0.3, 0.4) is 0 Å². The van der Waals surface area contributed by atoms with Gasteiger partial charge in [-0.05, 0) is 24.1 Å². The Labute approximate surface area is 217 Å². The van der Waals surface area contributed by atoms with E-state index in [1.54, 1.807) is 0 Å². The third-order valence-corrected chi connectivity index (χ3v) is 5.02. The van der Waals surface area contributed by atoms with Gasteiger partial charge in [-0.1, -0.05) is 12.0 Å². The van der Waals surface area contributed by atoms with Crippen molar-refractivity contribution in [2.24, 2.45) is 0 Å². The molecule has 1 aliphatic heterocycles. The van der Waals surface area contributed by atoms with Gasteiger partial charge in [-0.25, -0.2) is 14.3 Å². The molecule has 2 aromatic rings. The number of esters is 3. The van der Waals surface area contributed by atoms with Gasteiger partial charge < -0.3 is 28.8 Å². The van der Waals surface area contributed by atoms with E-state index in [1.807, 2.05) is 0 Å². The summed E-state index contributed by atoms with van der Waals surface area (Å²) in [7, 11) is 1.02. The number of rotatable bonds is 6. The zero-order chi connectivity index (χ0) is 28.9. The van der Waals surface area contributed by atoms with E-state index in [-0.39, 0.29) is 11.4 Å². The summed E-state index contributed by atoms with van der Waals surface area (Å²) in [5.74, 6) is 1.31. The molecule has 13 nitrogen and oxygen atoms in total. The van der Waals surface area contributed by atoms with Gasteiger partial charge in [0.1, 0.15) is 12.7 Å². The quantitative estimate of drug-likeness (QED) is 0.313. The standard InChI is InChI=1S/C23H20F3N3O10/c1-11(30)36-10-15-17(39-22(33)34)18(37-12(2)31)20(38-15)29-19(21(32)35-3)27-16(28-29)8-7-13-5-4-6-14(9-13)23(24,25)26/h4-6,9,15,17-18,20H,10H2,1-3H3,(H,33,34)/t15?,17-,18-,20?/m0/s1. The lowest BCUT2D eigenvalue weighted by molar-refractivity contribution is -0.157. The molecule has 208 valence electrons. The molecule has 0 bridgehead atoms. The highest BCUT2D eigenvalue weighted by molar-refractivity contribution is 5.85. The van der Waals surface area contributed by atoms with Crippen LogP contribution in [-0.4, -0.2) is 76.0 Å². The maximum atomic E-state index is 13.0. The molecule has 1 aromatic heterocycles. The highest BCUT2D eigenvalue weighted by Gasteiger charge is 2.52. The second kappa shape index (κ2) is 11.8. The van der Waals surface area contributed by atoms with Crippen molar-refractivity contribution in [2.75, 3.05) is 13.7 Å². The molecule has 1 fully saturated rings. The third-order valence-electron chi connectivity index (χ3n) is 5.02. The van der Waals surface area contributed by atoms with Crippen LogP contribution in [0.4, 0.5) is 18.0 Å². The molecule has 1 N–H and O–H groups in total. The minimum atomic E-state index is -4.60.